The standard InChI is InChI=1S/C19H32BrNO2/c1-8-9-23-17-11-15(20)14(10-16(17)22-7)12-21-19(5,6)13-18(2,3)4/h10-11,21H,8-9,12-13H2,1-7H3. The summed E-state index contributed by atoms with van der Waals surface area (Å²) in [5.74, 6) is 1.58. The Morgan fingerprint density at radius 3 is 2.26 bits per heavy atom. The van der Waals surface area contributed by atoms with Gasteiger partial charge in [-0.1, -0.05) is 43.6 Å². The first-order valence-corrected chi connectivity index (χ1v) is 9.11. The Bertz CT molecular complexity index is 507. The van der Waals surface area contributed by atoms with Crippen LogP contribution in [0.25, 0.3) is 0 Å². The van der Waals surface area contributed by atoms with Crippen molar-refractivity contribution in [1.82, 2.24) is 5.32 Å². The molecule has 0 amide bonds. The molecule has 0 saturated carbocycles. The monoisotopic (exact) mass is 385 g/mol. The van der Waals surface area contributed by atoms with Crippen molar-refractivity contribution in [2.24, 2.45) is 5.41 Å². The summed E-state index contributed by atoms with van der Waals surface area (Å²) in [5.41, 5.74) is 1.54. The molecule has 0 radical (unpaired) electrons. The first-order valence-electron chi connectivity index (χ1n) is 8.32. The van der Waals surface area contributed by atoms with Crippen molar-refractivity contribution in [2.75, 3.05) is 13.7 Å². The molecule has 0 aromatic heterocycles. The normalized spacial score (nSPS) is 12.3. The summed E-state index contributed by atoms with van der Waals surface area (Å²) in [5, 5.41) is 3.66. The third kappa shape index (κ3) is 7.13. The van der Waals surface area contributed by atoms with Crippen LogP contribution in [0, 0.1) is 5.41 Å². The van der Waals surface area contributed by atoms with Gasteiger partial charge in [0.15, 0.2) is 11.5 Å². The fraction of sp³-hybridized carbons (Fsp3) is 0.684. The Morgan fingerprint density at radius 1 is 1.09 bits per heavy atom. The van der Waals surface area contributed by atoms with Gasteiger partial charge < -0.3 is 14.8 Å². The van der Waals surface area contributed by atoms with Crippen LogP contribution < -0.4 is 14.8 Å². The van der Waals surface area contributed by atoms with Crippen molar-refractivity contribution >= 4 is 15.9 Å². The minimum Gasteiger partial charge on any atom is -0.493 e. The van der Waals surface area contributed by atoms with Crippen LogP contribution in [0.4, 0.5) is 0 Å². The zero-order chi connectivity index (χ0) is 17.7. The molecular formula is C19H32BrNO2. The Labute approximate surface area is 150 Å². The summed E-state index contributed by atoms with van der Waals surface area (Å²) in [4.78, 5) is 0. The number of benzene rings is 1. The number of nitrogens with one attached hydrogen (secondary N) is 1. The van der Waals surface area contributed by atoms with E-state index in [4.69, 9.17) is 9.47 Å². The quantitative estimate of drug-likeness (QED) is 0.635. The number of ether oxygens (including phenoxy) is 2. The second-order valence-corrected chi connectivity index (χ2v) is 8.77. The van der Waals surface area contributed by atoms with E-state index in [0.29, 0.717) is 12.0 Å². The van der Waals surface area contributed by atoms with Crippen LogP contribution in [0.2, 0.25) is 0 Å². The smallest absolute Gasteiger partial charge is 0.162 e. The molecule has 0 aliphatic carbocycles. The second-order valence-electron chi connectivity index (χ2n) is 7.92. The van der Waals surface area contributed by atoms with Crippen LogP contribution in [-0.2, 0) is 6.54 Å². The molecule has 132 valence electrons. The van der Waals surface area contributed by atoms with Crippen LogP contribution in [0.3, 0.4) is 0 Å². The zero-order valence-electron chi connectivity index (χ0n) is 15.7. The van der Waals surface area contributed by atoms with Crippen molar-refractivity contribution < 1.29 is 9.47 Å². The van der Waals surface area contributed by atoms with Crippen LogP contribution >= 0.6 is 15.9 Å². The van der Waals surface area contributed by atoms with Gasteiger partial charge in [-0.15, -0.1) is 0 Å². The molecule has 3 nitrogen and oxygen atoms in total. The lowest BCUT2D eigenvalue weighted by molar-refractivity contribution is 0.240. The molecule has 0 fully saturated rings. The molecule has 0 aliphatic rings. The average Bonchev–Trinajstić information content (AvgIpc) is 2.41. The Morgan fingerprint density at radius 2 is 1.74 bits per heavy atom. The number of rotatable bonds is 8. The van der Waals surface area contributed by atoms with Crippen LogP contribution in [-0.4, -0.2) is 19.3 Å². The first kappa shape index (κ1) is 20.3. The van der Waals surface area contributed by atoms with Crippen molar-refractivity contribution in [3.8, 4) is 11.5 Å². The van der Waals surface area contributed by atoms with Gasteiger partial charge in [-0.25, -0.2) is 0 Å². The average molecular weight is 386 g/mol. The summed E-state index contributed by atoms with van der Waals surface area (Å²) in [6, 6.07) is 4.05. The van der Waals surface area contributed by atoms with E-state index in [-0.39, 0.29) is 5.54 Å². The van der Waals surface area contributed by atoms with E-state index < -0.39 is 0 Å². The van der Waals surface area contributed by atoms with E-state index in [1.807, 2.05) is 6.07 Å². The molecule has 0 spiro atoms. The van der Waals surface area contributed by atoms with Crippen LogP contribution in [0.5, 0.6) is 11.5 Å². The van der Waals surface area contributed by atoms with E-state index in [1.165, 1.54) is 5.56 Å². The number of hydrogen-bond acceptors (Lipinski definition) is 3. The van der Waals surface area contributed by atoms with Gasteiger partial charge in [-0.2, -0.15) is 0 Å². The van der Waals surface area contributed by atoms with Gasteiger partial charge in [-0.3, -0.25) is 0 Å². The number of hydrogen-bond donors (Lipinski definition) is 1. The molecule has 0 atom stereocenters. The summed E-state index contributed by atoms with van der Waals surface area (Å²) < 4.78 is 12.3. The zero-order valence-corrected chi connectivity index (χ0v) is 17.3. The molecule has 0 saturated heterocycles. The van der Waals surface area contributed by atoms with Crippen LogP contribution in [0.15, 0.2) is 16.6 Å². The summed E-state index contributed by atoms with van der Waals surface area (Å²) in [6.07, 6.45) is 2.08. The third-order valence-corrected chi connectivity index (χ3v) is 4.26. The molecule has 1 aromatic carbocycles. The number of halogens is 1. The van der Waals surface area contributed by atoms with E-state index in [0.717, 1.165) is 35.4 Å². The van der Waals surface area contributed by atoms with E-state index in [9.17, 15) is 0 Å². The van der Waals surface area contributed by atoms with Gasteiger partial charge in [0.1, 0.15) is 0 Å². The molecule has 1 N–H and O–H groups in total. The maximum atomic E-state index is 5.75. The van der Waals surface area contributed by atoms with Gasteiger partial charge >= 0.3 is 0 Å². The lowest BCUT2D eigenvalue weighted by Gasteiger charge is -2.33. The highest BCUT2D eigenvalue weighted by atomic mass is 79.9. The summed E-state index contributed by atoms with van der Waals surface area (Å²) in [6.45, 7) is 14.9. The van der Waals surface area contributed by atoms with Gasteiger partial charge in [0.05, 0.1) is 13.7 Å². The fourth-order valence-corrected chi connectivity index (χ4v) is 3.38. The molecule has 23 heavy (non-hydrogen) atoms. The molecular weight excluding hydrogens is 354 g/mol. The molecule has 1 aromatic rings. The first-order chi connectivity index (χ1) is 10.6. The van der Waals surface area contributed by atoms with Gasteiger partial charge in [0.25, 0.3) is 0 Å². The van der Waals surface area contributed by atoms with Crippen molar-refractivity contribution in [3.63, 3.8) is 0 Å². The summed E-state index contributed by atoms with van der Waals surface area (Å²) >= 11 is 3.66. The number of methoxy groups -OCH3 is 1. The predicted octanol–water partition coefficient (Wildman–Crippen LogP) is 5.55. The minimum absolute atomic E-state index is 0.0717. The topological polar surface area (TPSA) is 30.5 Å². The molecule has 4 heteroatoms. The van der Waals surface area contributed by atoms with Crippen molar-refractivity contribution in [3.05, 3.63) is 22.2 Å². The highest BCUT2D eigenvalue weighted by Gasteiger charge is 2.25. The second kappa shape index (κ2) is 8.39. The lowest BCUT2D eigenvalue weighted by atomic mass is 9.82. The van der Waals surface area contributed by atoms with Gasteiger partial charge in [0.2, 0.25) is 0 Å². The minimum atomic E-state index is 0.0717. The lowest BCUT2D eigenvalue weighted by Crippen LogP contribution is -2.41. The van der Waals surface area contributed by atoms with Gasteiger partial charge in [-0.05, 0) is 49.8 Å². The fourth-order valence-electron chi connectivity index (χ4n) is 2.92. The van der Waals surface area contributed by atoms with Crippen molar-refractivity contribution in [2.45, 2.75) is 66.5 Å². The largest absolute Gasteiger partial charge is 0.493 e. The SMILES string of the molecule is CCCOc1cc(Br)c(CNC(C)(C)CC(C)(C)C)cc1OC. The Balaban J connectivity index is 2.84. The van der Waals surface area contributed by atoms with Crippen LogP contribution in [0.1, 0.15) is 59.9 Å². The molecule has 1 rings (SSSR count). The highest BCUT2D eigenvalue weighted by Crippen LogP contribution is 2.34. The molecule has 0 bridgehead atoms. The highest BCUT2D eigenvalue weighted by molar-refractivity contribution is 9.10. The molecule has 0 heterocycles. The van der Waals surface area contributed by atoms with E-state index in [2.05, 4.69) is 68.9 Å². The predicted molar refractivity (Wildman–Crippen MR) is 101 cm³/mol. The Kier molecular flexibility index (Phi) is 7.40. The maximum absolute atomic E-state index is 5.75. The van der Waals surface area contributed by atoms with Crippen molar-refractivity contribution in [1.29, 1.82) is 0 Å². The summed E-state index contributed by atoms with van der Waals surface area (Å²) in [7, 11) is 1.68. The molecule has 0 unspecified atom stereocenters. The Hall–Kier alpha value is -0.740. The molecule has 0 aliphatic heterocycles. The van der Waals surface area contributed by atoms with Gasteiger partial charge in [0, 0.05) is 16.6 Å². The van der Waals surface area contributed by atoms with E-state index >= 15 is 0 Å². The van der Waals surface area contributed by atoms with E-state index in [1.54, 1.807) is 7.11 Å². The maximum Gasteiger partial charge on any atom is 0.162 e. The third-order valence-electron chi connectivity index (χ3n) is 3.52.